The third-order valence-corrected chi connectivity index (χ3v) is 4.85. The number of nitrogens with one attached hydrogen (secondary N) is 3. The summed E-state index contributed by atoms with van der Waals surface area (Å²) in [4.78, 5) is 39.5. The number of halogens is 1. The van der Waals surface area contributed by atoms with Gasteiger partial charge in [0.15, 0.2) is 0 Å². The number of carbonyl (C=O) groups excluding carboxylic acids is 3. The molecule has 1 saturated carbocycles. The van der Waals surface area contributed by atoms with Crippen LogP contribution in [0.15, 0.2) is 16.7 Å². The summed E-state index contributed by atoms with van der Waals surface area (Å²) in [6.45, 7) is 2.14. The Morgan fingerprint density at radius 2 is 2.09 bits per heavy atom. The van der Waals surface area contributed by atoms with Gasteiger partial charge < -0.3 is 10.3 Å². The molecule has 0 atom stereocenters. The number of H-pyrrole nitrogens is 1. The second-order valence-corrected chi connectivity index (χ2v) is 6.92. The van der Waals surface area contributed by atoms with Gasteiger partial charge in [-0.05, 0) is 53.6 Å². The van der Waals surface area contributed by atoms with Gasteiger partial charge in [-0.2, -0.15) is 5.01 Å². The predicted molar refractivity (Wildman–Crippen MR) is 81.7 cm³/mol. The van der Waals surface area contributed by atoms with Crippen LogP contribution < -0.4 is 10.7 Å². The fourth-order valence-electron chi connectivity index (χ4n) is 2.98. The molecular weight excluding hydrogens is 352 g/mol. The molecule has 22 heavy (non-hydrogen) atoms. The molecule has 0 unspecified atom stereocenters. The number of aromatic nitrogens is 1. The number of aromatic amines is 1. The Hall–Kier alpha value is -1.83. The number of imide groups is 1. The number of hydrogen-bond donors (Lipinski definition) is 3. The van der Waals surface area contributed by atoms with Crippen LogP contribution in [0.5, 0.6) is 0 Å². The van der Waals surface area contributed by atoms with Crippen molar-refractivity contribution in [3.63, 3.8) is 0 Å². The van der Waals surface area contributed by atoms with Crippen LogP contribution >= 0.6 is 15.9 Å². The van der Waals surface area contributed by atoms with E-state index in [1.54, 1.807) is 12.3 Å². The van der Waals surface area contributed by atoms with Gasteiger partial charge in [-0.3, -0.25) is 15.0 Å². The molecule has 118 valence electrons. The highest BCUT2D eigenvalue weighted by molar-refractivity contribution is 9.10. The Morgan fingerprint density at radius 3 is 2.68 bits per heavy atom. The zero-order valence-corrected chi connectivity index (χ0v) is 13.7. The summed E-state index contributed by atoms with van der Waals surface area (Å²) in [6, 6.07) is 1.00. The van der Waals surface area contributed by atoms with Crippen LogP contribution in [0.25, 0.3) is 0 Å². The smallest absolute Gasteiger partial charge is 0.344 e. The molecule has 8 heteroatoms. The van der Waals surface area contributed by atoms with E-state index in [4.69, 9.17) is 0 Å². The van der Waals surface area contributed by atoms with Crippen molar-refractivity contribution in [3.8, 4) is 0 Å². The molecule has 1 aliphatic carbocycles. The van der Waals surface area contributed by atoms with E-state index in [9.17, 15) is 14.4 Å². The van der Waals surface area contributed by atoms with Crippen LogP contribution in [0.2, 0.25) is 0 Å². The summed E-state index contributed by atoms with van der Waals surface area (Å²) in [5.74, 6) is -0.353. The number of rotatable bonds is 2. The lowest BCUT2D eigenvalue weighted by molar-refractivity contribution is -0.134. The van der Waals surface area contributed by atoms with Gasteiger partial charge in [0.2, 0.25) is 0 Å². The molecule has 2 aliphatic rings. The van der Waals surface area contributed by atoms with Crippen molar-refractivity contribution in [1.29, 1.82) is 0 Å². The van der Waals surface area contributed by atoms with Crippen molar-refractivity contribution in [1.82, 2.24) is 20.7 Å². The molecular formula is C14H17BrN4O3. The predicted octanol–water partition coefficient (Wildman–Crippen LogP) is 1.92. The van der Waals surface area contributed by atoms with Gasteiger partial charge in [-0.25, -0.2) is 4.79 Å². The highest BCUT2D eigenvalue weighted by atomic mass is 79.9. The van der Waals surface area contributed by atoms with Gasteiger partial charge >= 0.3 is 6.03 Å². The van der Waals surface area contributed by atoms with Crippen LogP contribution in [0.3, 0.4) is 0 Å². The first-order valence-electron chi connectivity index (χ1n) is 7.23. The number of hydrogen-bond acceptors (Lipinski definition) is 3. The van der Waals surface area contributed by atoms with Crippen molar-refractivity contribution >= 4 is 33.8 Å². The molecule has 1 aromatic rings. The maximum Gasteiger partial charge on any atom is 0.344 e. The molecule has 1 saturated heterocycles. The normalized spacial score (nSPS) is 28.1. The molecule has 3 rings (SSSR count). The van der Waals surface area contributed by atoms with E-state index in [0.29, 0.717) is 23.2 Å². The molecule has 1 aromatic heterocycles. The van der Waals surface area contributed by atoms with Crippen molar-refractivity contribution in [3.05, 3.63) is 22.4 Å². The van der Waals surface area contributed by atoms with Crippen LogP contribution in [0, 0.1) is 5.92 Å². The summed E-state index contributed by atoms with van der Waals surface area (Å²) < 4.78 is 0.715. The maximum absolute atomic E-state index is 12.6. The van der Waals surface area contributed by atoms with Gasteiger partial charge in [0.25, 0.3) is 11.8 Å². The largest absolute Gasteiger partial charge is 0.356 e. The number of hydrazine groups is 1. The molecule has 1 aliphatic heterocycles. The van der Waals surface area contributed by atoms with Gasteiger partial charge in [0, 0.05) is 10.7 Å². The molecule has 2 fully saturated rings. The summed E-state index contributed by atoms with van der Waals surface area (Å²) in [7, 11) is 0. The highest BCUT2D eigenvalue weighted by Gasteiger charge is 2.52. The maximum atomic E-state index is 12.6. The lowest BCUT2D eigenvalue weighted by Crippen LogP contribution is -2.51. The molecule has 1 spiro atoms. The van der Waals surface area contributed by atoms with E-state index in [-0.39, 0.29) is 11.6 Å². The summed E-state index contributed by atoms with van der Waals surface area (Å²) in [5.41, 5.74) is 1.79. The second-order valence-electron chi connectivity index (χ2n) is 6.01. The Labute approximate surface area is 135 Å². The third kappa shape index (κ3) is 2.51. The van der Waals surface area contributed by atoms with Crippen LogP contribution in [0.4, 0.5) is 4.79 Å². The first-order chi connectivity index (χ1) is 10.4. The fourth-order valence-corrected chi connectivity index (χ4v) is 3.32. The SMILES string of the molecule is CC1CCC2(CC1)NC(=O)N(NC(=O)c1cc(Br)c[nH]1)C2=O. The Kier molecular flexibility index (Phi) is 3.72. The minimum absolute atomic E-state index is 0.269. The molecule has 3 N–H and O–H groups in total. The topological polar surface area (TPSA) is 94.3 Å². The first-order valence-corrected chi connectivity index (χ1v) is 8.02. The number of carbonyl (C=O) groups is 3. The molecule has 0 radical (unpaired) electrons. The molecule has 7 nitrogen and oxygen atoms in total. The summed E-state index contributed by atoms with van der Waals surface area (Å²) in [6.07, 6.45) is 4.60. The lowest BCUT2D eigenvalue weighted by atomic mass is 9.77. The number of nitrogens with zero attached hydrogens (tertiary/aromatic N) is 1. The lowest BCUT2D eigenvalue weighted by Gasteiger charge is -2.33. The van der Waals surface area contributed by atoms with E-state index in [0.717, 1.165) is 17.9 Å². The highest BCUT2D eigenvalue weighted by Crippen LogP contribution is 2.35. The van der Waals surface area contributed by atoms with E-state index < -0.39 is 17.5 Å². The molecule has 0 aromatic carbocycles. The Balaban J connectivity index is 1.73. The second kappa shape index (κ2) is 5.42. The fraction of sp³-hybridized carbons (Fsp3) is 0.500. The zero-order valence-electron chi connectivity index (χ0n) is 12.1. The van der Waals surface area contributed by atoms with E-state index in [2.05, 4.69) is 38.6 Å². The molecule has 2 heterocycles. The van der Waals surface area contributed by atoms with Crippen molar-refractivity contribution in [2.24, 2.45) is 5.92 Å². The minimum Gasteiger partial charge on any atom is -0.356 e. The van der Waals surface area contributed by atoms with E-state index >= 15 is 0 Å². The number of amides is 4. The van der Waals surface area contributed by atoms with Crippen LogP contribution in [-0.2, 0) is 4.79 Å². The zero-order chi connectivity index (χ0) is 15.9. The minimum atomic E-state index is -0.854. The first kappa shape index (κ1) is 15.1. The third-order valence-electron chi connectivity index (χ3n) is 4.40. The monoisotopic (exact) mass is 368 g/mol. The Bertz CT molecular complexity index is 634. The van der Waals surface area contributed by atoms with Gasteiger partial charge in [0.1, 0.15) is 11.2 Å². The van der Waals surface area contributed by atoms with Crippen LogP contribution in [0.1, 0.15) is 43.1 Å². The summed E-state index contributed by atoms with van der Waals surface area (Å²) >= 11 is 3.23. The Morgan fingerprint density at radius 1 is 1.41 bits per heavy atom. The van der Waals surface area contributed by atoms with Gasteiger partial charge in [-0.15, -0.1) is 0 Å². The van der Waals surface area contributed by atoms with E-state index in [1.165, 1.54) is 0 Å². The van der Waals surface area contributed by atoms with Crippen molar-refractivity contribution < 1.29 is 14.4 Å². The van der Waals surface area contributed by atoms with Gasteiger partial charge in [0.05, 0.1) is 0 Å². The summed E-state index contributed by atoms with van der Waals surface area (Å²) in [5, 5.41) is 3.55. The standard InChI is InChI=1S/C14H17BrN4O3/c1-8-2-4-14(5-3-8)12(21)19(13(22)17-14)18-11(20)10-6-9(15)7-16-10/h6-8,16H,2-5H2,1H3,(H,17,22)(H,18,20). The molecule has 0 bridgehead atoms. The van der Waals surface area contributed by atoms with Crippen molar-refractivity contribution in [2.75, 3.05) is 0 Å². The quantitative estimate of drug-likeness (QED) is 0.696. The number of urea groups is 1. The van der Waals surface area contributed by atoms with E-state index in [1.807, 2.05) is 0 Å². The molecule has 4 amide bonds. The van der Waals surface area contributed by atoms with Gasteiger partial charge in [-0.1, -0.05) is 6.92 Å². The van der Waals surface area contributed by atoms with Crippen LogP contribution in [-0.4, -0.2) is 33.4 Å². The average Bonchev–Trinajstić information content (AvgIpc) is 3.00. The average molecular weight is 369 g/mol. The van der Waals surface area contributed by atoms with Crippen molar-refractivity contribution in [2.45, 2.75) is 38.1 Å².